The van der Waals surface area contributed by atoms with Crippen molar-refractivity contribution in [2.75, 3.05) is 14.1 Å². The second kappa shape index (κ2) is 6.39. The van der Waals surface area contributed by atoms with E-state index in [-0.39, 0.29) is 0 Å². The molecule has 0 spiro atoms. The van der Waals surface area contributed by atoms with Gasteiger partial charge in [-0.3, -0.25) is 0 Å². The maximum absolute atomic E-state index is 3.55. The first-order chi connectivity index (χ1) is 10.8. The Labute approximate surface area is 131 Å². The minimum atomic E-state index is 0.900. The van der Waals surface area contributed by atoms with Crippen molar-refractivity contribution >= 4 is 23.0 Å². The van der Waals surface area contributed by atoms with Gasteiger partial charge in [0.1, 0.15) is 11.4 Å². The maximum Gasteiger partial charge on any atom is 0.281 e. The number of amidine groups is 2. The highest BCUT2D eigenvalue weighted by atomic mass is 15.2. The van der Waals surface area contributed by atoms with Crippen LogP contribution in [-0.2, 0) is 0 Å². The first kappa shape index (κ1) is 14.3. The van der Waals surface area contributed by atoms with E-state index in [0.717, 1.165) is 12.3 Å². The van der Waals surface area contributed by atoms with Crippen LogP contribution in [0.25, 0.3) is 0 Å². The highest BCUT2D eigenvalue weighted by Gasteiger charge is 2.20. The van der Waals surface area contributed by atoms with E-state index >= 15 is 0 Å². The lowest BCUT2D eigenvalue weighted by Gasteiger charge is -2.13. The van der Waals surface area contributed by atoms with Crippen molar-refractivity contribution in [1.29, 1.82) is 0 Å². The zero-order chi connectivity index (χ0) is 15.4. The zero-order valence-electron chi connectivity index (χ0n) is 13.0. The van der Waals surface area contributed by atoms with Crippen molar-refractivity contribution in [3.05, 3.63) is 72.8 Å². The number of rotatable bonds is 2. The van der Waals surface area contributed by atoms with Crippen LogP contribution in [0.15, 0.2) is 72.8 Å². The van der Waals surface area contributed by atoms with Crippen molar-refractivity contribution in [2.45, 2.75) is 6.42 Å². The molecule has 1 aliphatic heterocycles. The molecule has 2 aromatic carbocycles. The van der Waals surface area contributed by atoms with Gasteiger partial charge in [0.05, 0.1) is 20.5 Å². The van der Waals surface area contributed by atoms with E-state index in [1.807, 2.05) is 12.1 Å². The molecule has 0 atom stereocenters. The third-order valence-electron chi connectivity index (χ3n) is 3.91. The Bertz CT molecular complexity index is 741. The SMILES string of the molecule is C[N+](=C1C=CCC(=[N+](C)c2ccccc2)N1)c1ccccc1. The van der Waals surface area contributed by atoms with E-state index in [1.165, 1.54) is 17.2 Å². The molecule has 3 nitrogen and oxygen atoms in total. The predicted molar refractivity (Wildman–Crippen MR) is 91.5 cm³/mol. The second-order valence-corrected chi connectivity index (χ2v) is 5.35. The standard InChI is InChI=1S/C19H20N3/c1-21(16-10-5-3-6-11-16)18-14-9-15-19(20-18)22(2)17-12-7-4-8-13-17/h3-14H,15H2,1-2H3/q+1/p+1. The van der Waals surface area contributed by atoms with Gasteiger partial charge in [0.15, 0.2) is 0 Å². The predicted octanol–water partition coefficient (Wildman–Crippen LogP) is 3.28. The number of nitrogens with zero attached hydrogens (tertiary/aromatic N) is 2. The van der Waals surface area contributed by atoms with Crippen molar-refractivity contribution in [3.8, 4) is 0 Å². The summed E-state index contributed by atoms with van der Waals surface area (Å²) in [4.78, 5) is 0. The summed E-state index contributed by atoms with van der Waals surface area (Å²) in [7, 11) is 4.17. The van der Waals surface area contributed by atoms with E-state index < -0.39 is 0 Å². The Kier molecular flexibility index (Phi) is 4.15. The fourth-order valence-electron chi connectivity index (χ4n) is 2.54. The third kappa shape index (κ3) is 2.98. The summed E-state index contributed by atoms with van der Waals surface area (Å²) in [6.07, 6.45) is 5.23. The van der Waals surface area contributed by atoms with Crippen LogP contribution in [0.1, 0.15) is 6.42 Å². The molecule has 0 amide bonds. The molecular weight excluding hydrogens is 270 g/mol. The van der Waals surface area contributed by atoms with Gasteiger partial charge in [-0.15, -0.1) is 0 Å². The molecule has 3 heteroatoms. The molecule has 2 aromatic rings. The molecule has 3 rings (SSSR count). The highest BCUT2D eigenvalue weighted by Crippen LogP contribution is 2.12. The summed E-state index contributed by atoms with van der Waals surface area (Å²) in [5.74, 6) is 2.25. The van der Waals surface area contributed by atoms with Gasteiger partial charge in [-0.1, -0.05) is 42.5 Å². The smallest absolute Gasteiger partial charge is 0.234 e. The summed E-state index contributed by atoms with van der Waals surface area (Å²) >= 11 is 0. The summed E-state index contributed by atoms with van der Waals surface area (Å²) in [6.45, 7) is 0. The van der Waals surface area contributed by atoms with Crippen LogP contribution in [0.3, 0.4) is 0 Å². The van der Waals surface area contributed by atoms with Crippen molar-refractivity contribution in [3.63, 3.8) is 0 Å². The van der Waals surface area contributed by atoms with Crippen LogP contribution >= 0.6 is 0 Å². The highest BCUT2D eigenvalue weighted by molar-refractivity contribution is 6.05. The molecule has 0 radical (unpaired) electrons. The van der Waals surface area contributed by atoms with Gasteiger partial charge in [0.2, 0.25) is 0 Å². The van der Waals surface area contributed by atoms with Crippen molar-refractivity contribution < 1.29 is 9.15 Å². The van der Waals surface area contributed by atoms with Crippen LogP contribution in [-0.4, -0.2) is 34.9 Å². The van der Waals surface area contributed by atoms with Gasteiger partial charge in [0, 0.05) is 6.08 Å². The molecule has 110 valence electrons. The molecule has 0 saturated carbocycles. The lowest BCUT2D eigenvalue weighted by Crippen LogP contribution is -2.40. The van der Waals surface area contributed by atoms with E-state index in [0.29, 0.717) is 0 Å². The Morgan fingerprint density at radius 1 is 0.773 bits per heavy atom. The Balaban J connectivity index is 1.95. The molecule has 22 heavy (non-hydrogen) atoms. The topological polar surface area (TPSA) is 18.0 Å². The van der Waals surface area contributed by atoms with Crippen molar-refractivity contribution in [2.24, 2.45) is 0 Å². The van der Waals surface area contributed by atoms with Gasteiger partial charge in [0.25, 0.3) is 11.7 Å². The number of benzene rings is 2. The summed E-state index contributed by atoms with van der Waals surface area (Å²) in [6, 6.07) is 20.8. The molecule has 1 heterocycles. The van der Waals surface area contributed by atoms with Crippen LogP contribution in [0.4, 0.5) is 11.4 Å². The fraction of sp³-hybridized carbons (Fsp3) is 0.158. The van der Waals surface area contributed by atoms with Crippen LogP contribution in [0, 0.1) is 0 Å². The van der Waals surface area contributed by atoms with Crippen LogP contribution in [0.2, 0.25) is 0 Å². The number of nitrogens with one attached hydrogen (secondary N) is 1. The quantitative estimate of drug-likeness (QED) is 0.841. The summed E-state index contributed by atoms with van der Waals surface area (Å²) in [5.41, 5.74) is 2.35. The molecule has 1 aliphatic rings. The van der Waals surface area contributed by atoms with E-state index in [9.17, 15) is 0 Å². The minimum Gasteiger partial charge on any atom is -0.234 e. The monoisotopic (exact) mass is 291 g/mol. The number of para-hydroxylation sites is 2. The molecular formula is C19H21N3+2. The first-order valence-electron chi connectivity index (χ1n) is 7.49. The van der Waals surface area contributed by atoms with Crippen LogP contribution in [0.5, 0.6) is 0 Å². The summed E-state index contributed by atoms with van der Waals surface area (Å²) < 4.78 is 4.36. The molecule has 0 unspecified atom stereocenters. The van der Waals surface area contributed by atoms with Gasteiger partial charge in [-0.2, -0.15) is 0 Å². The normalized spacial score (nSPS) is 18.6. The molecule has 0 bridgehead atoms. The maximum atomic E-state index is 3.55. The Morgan fingerprint density at radius 3 is 1.91 bits per heavy atom. The summed E-state index contributed by atoms with van der Waals surface area (Å²) in [5, 5.41) is 3.55. The largest absolute Gasteiger partial charge is 0.281 e. The lowest BCUT2D eigenvalue weighted by atomic mass is 10.2. The molecule has 0 fully saturated rings. The van der Waals surface area contributed by atoms with Gasteiger partial charge in [-0.05, 0) is 24.3 Å². The second-order valence-electron chi connectivity index (χ2n) is 5.35. The van der Waals surface area contributed by atoms with Crippen molar-refractivity contribution in [1.82, 2.24) is 5.32 Å². The fourth-order valence-corrected chi connectivity index (χ4v) is 2.54. The minimum absolute atomic E-state index is 0.900. The molecule has 0 aliphatic carbocycles. The van der Waals surface area contributed by atoms with Crippen LogP contribution < -0.4 is 5.32 Å². The average molecular weight is 291 g/mol. The van der Waals surface area contributed by atoms with E-state index in [2.05, 4.69) is 89.2 Å². The van der Waals surface area contributed by atoms with E-state index in [4.69, 9.17) is 0 Å². The molecule has 0 saturated heterocycles. The number of hydrogen-bond acceptors (Lipinski definition) is 0. The Hall–Kier alpha value is -2.68. The Morgan fingerprint density at radius 2 is 1.32 bits per heavy atom. The zero-order valence-corrected chi connectivity index (χ0v) is 13.0. The van der Waals surface area contributed by atoms with Gasteiger partial charge < -0.3 is 0 Å². The molecule has 1 N–H and O–H groups in total. The third-order valence-corrected chi connectivity index (χ3v) is 3.91. The lowest BCUT2D eigenvalue weighted by molar-refractivity contribution is -0.414. The number of hydrogen-bond donors (Lipinski definition) is 1. The van der Waals surface area contributed by atoms with Gasteiger partial charge in [-0.25, -0.2) is 14.5 Å². The average Bonchev–Trinajstić information content (AvgIpc) is 2.62. The van der Waals surface area contributed by atoms with Gasteiger partial charge >= 0.3 is 0 Å². The molecule has 0 aromatic heterocycles. The first-order valence-corrected chi connectivity index (χ1v) is 7.49. The van der Waals surface area contributed by atoms with E-state index in [1.54, 1.807) is 0 Å².